The molecule has 1 atom stereocenters. The summed E-state index contributed by atoms with van der Waals surface area (Å²) in [5.74, 6) is 0.691. The number of aromatic nitrogens is 2. The van der Waals surface area contributed by atoms with Gasteiger partial charge in [0.05, 0.1) is 31.2 Å². The van der Waals surface area contributed by atoms with Gasteiger partial charge in [-0.15, -0.1) is 10.2 Å². The summed E-state index contributed by atoms with van der Waals surface area (Å²) in [5.41, 5.74) is 0.989. The van der Waals surface area contributed by atoms with E-state index in [0.717, 1.165) is 0 Å². The smallest absolute Gasteiger partial charge is 0.297 e. The third-order valence-electron chi connectivity index (χ3n) is 5.21. The van der Waals surface area contributed by atoms with Gasteiger partial charge in [-0.1, -0.05) is 23.5 Å². The molecule has 0 N–H and O–H groups in total. The van der Waals surface area contributed by atoms with E-state index in [1.807, 2.05) is 12.1 Å². The molecule has 0 radical (unpaired) electrons. The monoisotopic (exact) mass is 435 g/mol. The molecule has 8 nitrogen and oxygen atoms in total. The molecule has 3 heterocycles. The summed E-state index contributed by atoms with van der Waals surface area (Å²) in [6.07, 6.45) is 0. The molecule has 2 aromatic carbocycles. The number of fused-ring (bicyclic) bond motifs is 2. The molecular formula is C22H17N3O5S. The number of carbonyl (C=O) groups excluding carboxylic acids is 1. The van der Waals surface area contributed by atoms with Crippen molar-refractivity contribution in [2.45, 2.75) is 13.0 Å². The van der Waals surface area contributed by atoms with Crippen molar-refractivity contribution in [1.29, 1.82) is 0 Å². The third-order valence-corrected chi connectivity index (χ3v) is 6.05. The molecule has 0 saturated carbocycles. The van der Waals surface area contributed by atoms with Gasteiger partial charge >= 0.3 is 0 Å². The summed E-state index contributed by atoms with van der Waals surface area (Å²) in [6.45, 7) is 1.80. The van der Waals surface area contributed by atoms with Crippen LogP contribution in [0, 0.1) is 6.92 Å². The Hall–Kier alpha value is -3.72. The predicted molar refractivity (Wildman–Crippen MR) is 115 cm³/mol. The van der Waals surface area contributed by atoms with Crippen LogP contribution in [0.2, 0.25) is 0 Å². The van der Waals surface area contributed by atoms with Crippen molar-refractivity contribution in [3.8, 4) is 11.5 Å². The van der Waals surface area contributed by atoms with Crippen LogP contribution in [0.4, 0.5) is 5.13 Å². The number of anilines is 1. The van der Waals surface area contributed by atoms with Gasteiger partial charge in [-0.2, -0.15) is 0 Å². The zero-order valence-corrected chi connectivity index (χ0v) is 17.7. The highest BCUT2D eigenvalue weighted by Crippen LogP contribution is 2.42. The molecule has 0 fully saturated rings. The fourth-order valence-electron chi connectivity index (χ4n) is 3.79. The maximum atomic E-state index is 13.5. The van der Waals surface area contributed by atoms with Crippen LogP contribution < -0.4 is 19.8 Å². The first-order chi connectivity index (χ1) is 15.0. The Morgan fingerprint density at radius 2 is 1.81 bits per heavy atom. The molecule has 0 unspecified atom stereocenters. The van der Waals surface area contributed by atoms with Gasteiger partial charge in [-0.05, 0) is 36.8 Å². The Morgan fingerprint density at radius 1 is 1.03 bits per heavy atom. The second-order valence-corrected chi connectivity index (χ2v) is 8.15. The highest BCUT2D eigenvalue weighted by molar-refractivity contribution is 7.15. The highest BCUT2D eigenvalue weighted by atomic mass is 32.1. The number of carbonyl (C=O) groups is 1. The van der Waals surface area contributed by atoms with Gasteiger partial charge in [-0.3, -0.25) is 14.5 Å². The van der Waals surface area contributed by atoms with E-state index >= 15 is 0 Å². The van der Waals surface area contributed by atoms with Crippen LogP contribution in [0.1, 0.15) is 32.7 Å². The zero-order chi connectivity index (χ0) is 21.7. The molecule has 0 bridgehead atoms. The van der Waals surface area contributed by atoms with Crippen LogP contribution in [0.25, 0.3) is 11.0 Å². The van der Waals surface area contributed by atoms with Gasteiger partial charge in [0.1, 0.15) is 22.1 Å². The third kappa shape index (κ3) is 2.97. The van der Waals surface area contributed by atoms with Crippen molar-refractivity contribution in [3.63, 3.8) is 0 Å². The normalized spacial score (nSPS) is 15.4. The van der Waals surface area contributed by atoms with Crippen molar-refractivity contribution >= 4 is 33.3 Å². The topological polar surface area (TPSA) is 94.8 Å². The maximum absolute atomic E-state index is 13.5. The number of benzene rings is 2. The number of aryl methyl sites for hydroxylation is 1. The van der Waals surface area contributed by atoms with Gasteiger partial charge in [0, 0.05) is 6.07 Å². The highest BCUT2D eigenvalue weighted by Gasteiger charge is 2.45. The van der Waals surface area contributed by atoms with E-state index in [4.69, 9.17) is 13.9 Å². The van der Waals surface area contributed by atoms with Crippen molar-refractivity contribution in [1.82, 2.24) is 10.2 Å². The summed E-state index contributed by atoms with van der Waals surface area (Å²) >= 11 is 1.27. The number of hydrogen-bond acceptors (Lipinski definition) is 8. The van der Waals surface area contributed by atoms with E-state index in [1.54, 1.807) is 44.4 Å². The molecule has 0 aliphatic carbocycles. The lowest BCUT2D eigenvalue weighted by molar-refractivity contribution is 0.0970. The molecular weight excluding hydrogens is 418 g/mol. The molecule has 1 aliphatic heterocycles. The van der Waals surface area contributed by atoms with Crippen molar-refractivity contribution in [2.24, 2.45) is 0 Å². The Morgan fingerprint density at radius 3 is 2.52 bits per heavy atom. The Labute approximate surface area is 180 Å². The first-order valence-electron chi connectivity index (χ1n) is 9.44. The molecule has 9 heteroatoms. The van der Waals surface area contributed by atoms with E-state index in [-0.39, 0.29) is 22.3 Å². The first kappa shape index (κ1) is 19.3. The van der Waals surface area contributed by atoms with E-state index in [0.29, 0.717) is 32.6 Å². The van der Waals surface area contributed by atoms with Gasteiger partial charge in [0.25, 0.3) is 5.91 Å². The number of nitrogens with zero attached hydrogens (tertiary/aromatic N) is 3. The average molecular weight is 435 g/mol. The van der Waals surface area contributed by atoms with Gasteiger partial charge in [0.15, 0.2) is 5.43 Å². The number of ether oxygens (including phenoxy) is 2. The summed E-state index contributed by atoms with van der Waals surface area (Å²) < 4.78 is 16.5. The van der Waals surface area contributed by atoms with Gasteiger partial charge in [0.2, 0.25) is 10.9 Å². The van der Waals surface area contributed by atoms with Crippen molar-refractivity contribution in [2.75, 3.05) is 19.1 Å². The van der Waals surface area contributed by atoms with E-state index in [2.05, 4.69) is 10.2 Å². The summed E-state index contributed by atoms with van der Waals surface area (Å²) in [5, 5.41) is 9.67. The molecule has 5 rings (SSSR count). The maximum Gasteiger partial charge on any atom is 0.297 e. The van der Waals surface area contributed by atoms with Crippen LogP contribution in [0.5, 0.6) is 11.5 Å². The molecule has 0 spiro atoms. The zero-order valence-electron chi connectivity index (χ0n) is 16.9. The van der Waals surface area contributed by atoms with Crippen molar-refractivity contribution in [3.05, 3.63) is 74.6 Å². The largest absolute Gasteiger partial charge is 0.497 e. The minimum Gasteiger partial charge on any atom is -0.497 e. The average Bonchev–Trinajstić information content (AvgIpc) is 3.34. The van der Waals surface area contributed by atoms with Crippen LogP contribution in [0.15, 0.2) is 51.7 Å². The fourth-order valence-corrected chi connectivity index (χ4v) is 4.50. The Kier molecular flexibility index (Phi) is 4.48. The predicted octanol–water partition coefficient (Wildman–Crippen LogP) is 3.72. The number of methoxy groups -OCH3 is 2. The second-order valence-electron chi connectivity index (χ2n) is 6.99. The van der Waals surface area contributed by atoms with Crippen LogP contribution in [-0.2, 0) is 0 Å². The molecule has 1 amide bonds. The van der Waals surface area contributed by atoms with Crippen LogP contribution in [-0.4, -0.2) is 30.3 Å². The summed E-state index contributed by atoms with van der Waals surface area (Å²) in [4.78, 5) is 28.5. The molecule has 156 valence electrons. The molecule has 0 saturated heterocycles. The quantitative estimate of drug-likeness (QED) is 0.482. The van der Waals surface area contributed by atoms with E-state index in [9.17, 15) is 9.59 Å². The lowest BCUT2D eigenvalue weighted by atomic mass is 9.98. The molecule has 2 aromatic heterocycles. The molecule has 4 aromatic rings. The Bertz CT molecular complexity index is 1390. The summed E-state index contributed by atoms with van der Waals surface area (Å²) in [6, 6.07) is 11.5. The lowest BCUT2D eigenvalue weighted by Crippen LogP contribution is -2.29. The van der Waals surface area contributed by atoms with Crippen molar-refractivity contribution < 1.29 is 18.7 Å². The van der Waals surface area contributed by atoms with Gasteiger partial charge in [-0.25, -0.2) is 0 Å². The van der Waals surface area contributed by atoms with Gasteiger partial charge < -0.3 is 13.9 Å². The van der Waals surface area contributed by atoms with Crippen LogP contribution in [0.3, 0.4) is 0 Å². The van der Waals surface area contributed by atoms with E-state index < -0.39 is 11.9 Å². The lowest BCUT2D eigenvalue weighted by Gasteiger charge is -2.22. The minimum atomic E-state index is -0.715. The number of rotatable bonds is 4. The van der Waals surface area contributed by atoms with Crippen LogP contribution >= 0.6 is 11.3 Å². The SMILES string of the molecule is COc1cccc([C@H]2c3c(oc4cc(OC)ccc4c3=O)C(=O)N2c2nnc(C)s2)c1. The van der Waals surface area contributed by atoms with E-state index in [1.165, 1.54) is 23.3 Å². The second kappa shape index (κ2) is 7.21. The molecule has 1 aliphatic rings. The number of amides is 1. The molecule has 31 heavy (non-hydrogen) atoms. The minimum absolute atomic E-state index is 0.00794. The standard InChI is InChI=1S/C22H17N3O5S/c1-11-23-24-22(31-11)25-18(12-5-4-6-13(9-12)28-2)17-19(26)15-8-7-14(29-3)10-16(15)30-20(17)21(25)27/h4-10,18H,1-3H3/t18-/m0/s1. The summed E-state index contributed by atoms with van der Waals surface area (Å²) in [7, 11) is 3.09. The first-order valence-corrected chi connectivity index (χ1v) is 10.3. The Balaban J connectivity index is 1.80. The number of hydrogen-bond donors (Lipinski definition) is 0. The fraction of sp³-hybridized carbons (Fsp3) is 0.182.